The van der Waals surface area contributed by atoms with Gasteiger partial charge >= 0.3 is 0 Å². The van der Waals surface area contributed by atoms with Crippen LogP contribution in [0.15, 0.2) is 30.5 Å². The summed E-state index contributed by atoms with van der Waals surface area (Å²) in [5.74, 6) is -1.76. The predicted molar refractivity (Wildman–Crippen MR) is 116 cm³/mol. The first-order valence-electron chi connectivity index (χ1n) is 9.61. The quantitative estimate of drug-likeness (QED) is 0.353. The monoisotopic (exact) mass is 417 g/mol. The minimum atomic E-state index is -0.823. The zero-order valence-electron chi connectivity index (χ0n) is 17.7. The SMILES string of the molecule is CC1(C)CC(OC(=N)/C=C\C(=N)c2cc(F)c(/C(C=N)=C/N)cc2F)CC(C)(C)N1. The number of nitrogens with two attached hydrogens (primary N) is 1. The van der Waals surface area contributed by atoms with Gasteiger partial charge in [0.15, 0.2) is 0 Å². The molecule has 1 aromatic rings. The Balaban J connectivity index is 2.11. The molecule has 1 aliphatic heterocycles. The van der Waals surface area contributed by atoms with Crippen molar-refractivity contribution in [1.29, 1.82) is 16.2 Å². The fourth-order valence-corrected chi connectivity index (χ4v) is 3.97. The third-order valence-corrected chi connectivity index (χ3v) is 4.84. The molecular weight excluding hydrogens is 388 g/mol. The molecule has 0 bridgehead atoms. The second kappa shape index (κ2) is 8.87. The van der Waals surface area contributed by atoms with Crippen LogP contribution in [0.25, 0.3) is 5.57 Å². The van der Waals surface area contributed by atoms with Crippen molar-refractivity contribution in [2.75, 3.05) is 0 Å². The summed E-state index contributed by atoms with van der Waals surface area (Å²) in [5.41, 5.74) is 4.36. The van der Waals surface area contributed by atoms with Gasteiger partial charge in [0.1, 0.15) is 17.7 Å². The molecule has 6 nitrogen and oxygen atoms in total. The summed E-state index contributed by atoms with van der Waals surface area (Å²) >= 11 is 0. The van der Waals surface area contributed by atoms with Gasteiger partial charge in [-0.15, -0.1) is 0 Å². The summed E-state index contributed by atoms with van der Waals surface area (Å²) in [6.45, 7) is 8.29. The molecule has 0 saturated carbocycles. The standard InChI is InChI=1S/C22H29F2N5O/c1-21(2)9-14(10-22(3,4)29-21)30-20(28)6-5-19(27)16-8-17(23)15(7-18(16)24)13(11-25)12-26/h5-8,11-12,14,25,27-29H,9-10,26H2,1-4H3/b6-5-,13-12+,25-11?,27-19?,28-20?. The Hall–Kier alpha value is -2.87. The summed E-state index contributed by atoms with van der Waals surface area (Å²) in [6.07, 6.45) is 5.57. The number of rotatable bonds is 6. The topological polar surface area (TPSA) is 119 Å². The molecule has 1 aliphatic rings. The highest BCUT2D eigenvalue weighted by Crippen LogP contribution is 2.30. The number of hydrogen-bond donors (Lipinski definition) is 5. The number of halogens is 2. The van der Waals surface area contributed by atoms with Crippen molar-refractivity contribution in [3.8, 4) is 0 Å². The van der Waals surface area contributed by atoms with Crippen LogP contribution in [0.5, 0.6) is 0 Å². The summed E-state index contributed by atoms with van der Waals surface area (Å²) in [7, 11) is 0. The summed E-state index contributed by atoms with van der Waals surface area (Å²) < 4.78 is 34.4. The number of hydrogen-bond acceptors (Lipinski definition) is 6. The van der Waals surface area contributed by atoms with Gasteiger partial charge in [0, 0.05) is 59.1 Å². The molecule has 1 fully saturated rings. The van der Waals surface area contributed by atoms with E-state index in [-0.39, 0.29) is 45.5 Å². The molecule has 0 spiro atoms. The lowest BCUT2D eigenvalue weighted by Crippen LogP contribution is -2.59. The van der Waals surface area contributed by atoms with E-state index in [1.54, 1.807) is 0 Å². The smallest absolute Gasteiger partial charge is 0.206 e. The molecular formula is C22H29F2N5O. The number of nitrogens with one attached hydrogen (secondary N) is 4. The van der Waals surface area contributed by atoms with E-state index in [0.29, 0.717) is 0 Å². The highest BCUT2D eigenvalue weighted by Gasteiger charge is 2.38. The average molecular weight is 418 g/mol. The Labute approximate surface area is 175 Å². The second-order valence-corrected chi connectivity index (χ2v) is 8.73. The van der Waals surface area contributed by atoms with Crippen LogP contribution in [0, 0.1) is 27.9 Å². The number of piperidine rings is 1. The molecule has 0 aromatic heterocycles. The normalized spacial score (nSPS) is 18.9. The van der Waals surface area contributed by atoms with Crippen LogP contribution < -0.4 is 11.1 Å². The maximum Gasteiger partial charge on any atom is 0.206 e. The lowest BCUT2D eigenvalue weighted by molar-refractivity contribution is 0.0485. The van der Waals surface area contributed by atoms with Gasteiger partial charge in [-0.05, 0) is 45.9 Å². The Morgan fingerprint density at radius 2 is 1.60 bits per heavy atom. The first-order chi connectivity index (χ1) is 13.9. The number of benzene rings is 1. The van der Waals surface area contributed by atoms with E-state index in [4.69, 9.17) is 26.7 Å². The van der Waals surface area contributed by atoms with Crippen LogP contribution in [0.1, 0.15) is 51.7 Å². The molecule has 0 unspecified atom stereocenters. The molecule has 6 N–H and O–H groups in total. The maximum absolute atomic E-state index is 14.4. The van der Waals surface area contributed by atoms with E-state index in [1.807, 2.05) is 0 Å². The zero-order chi connectivity index (χ0) is 22.7. The lowest BCUT2D eigenvalue weighted by Gasteiger charge is -2.46. The molecule has 0 atom stereocenters. The maximum atomic E-state index is 14.4. The Bertz CT molecular complexity index is 902. The van der Waals surface area contributed by atoms with Crippen LogP contribution >= 0.6 is 0 Å². The number of allylic oxidation sites excluding steroid dienone is 2. The average Bonchev–Trinajstić information content (AvgIpc) is 2.60. The van der Waals surface area contributed by atoms with Gasteiger partial charge in [0.2, 0.25) is 5.90 Å². The van der Waals surface area contributed by atoms with E-state index in [2.05, 4.69) is 33.0 Å². The highest BCUT2D eigenvalue weighted by molar-refractivity contribution is 6.11. The summed E-state index contributed by atoms with van der Waals surface area (Å²) in [6, 6.07) is 1.78. The second-order valence-electron chi connectivity index (χ2n) is 8.73. The van der Waals surface area contributed by atoms with Gasteiger partial charge in [0.25, 0.3) is 0 Å². The largest absolute Gasteiger partial charge is 0.475 e. The van der Waals surface area contributed by atoms with Crippen LogP contribution in [0.2, 0.25) is 0 Å². The molecule has 1 heterocycles. The van der Waals surface area contributed by atoms with Gasteiger partial charge in [0.05, 0.1) is 5.71 Å². The van der Waals surface area contributed by atoms with Gasteiger partial charge in [-0.25, -0.2) is 8.78 Å². The molecule has 0 aliphatic carbocycles. The first-order valence-corrected chi connectivity index (χ1v) is 9.61. The van der Waals surface area contributed by atoms with Crippen LogP contribution in [0.4, 0.5) is 8.78 Å². The van der Waals surface area contributed by atoms with Crippen LogP contribution in [0.3, 0.4) is 0 Å². The molecule has 30 heavy (non-hydrogen) atoms. The Morgan fingerprint density at radius 1 is 1.07 bits per heavy atom. The fourth-order valence-electron chi connectivity index (χ4n) is 3.97. The Morgan fingerprint density at radius 3 is 2.13 bits per heavy atom. The van der Waals surface area contributed by atoms with E-state index in [0.717, 1.165) is 37.4 Å². The minimum absolute atomic E-state index is 0.0306. The molecule has 162 valence electrons. The van der Waals surface area contributed by atoms with Crippen LogP contribution in [-0.2, 0) is 4.74 Å². The van der Waals surface area contributed by atoms with Crippen molar-refractivity contribution in [2.24, 2.45) is 5.73 Å². The molecule has 2 rings (SSSR count). The van der Waals surface area contributed by atoms with Crippen molar-refractivity contribution in [3.63, 3.8) is 0 Å². The number of ether oxygens (including phenoxy) is 1. The van der Waals surface area contributed by atoms with Crippen molar-refractivity contribution < 1.29 is 13.5 Å². The van der Waals surface area contributed by atoms with Crippen molar-refractivity contribution in [2.45, 2.75) is 57.7 Å². The lowest BCUT2D eigenvalue weighted by atomic mass is 9.81. The van der Waals surface area contributed by atoms with Crippen LogP contribution in [-0.4, -0.2) is 35.0 Å². The van der Waals surface area contributed by atoms with Gasteiger partial charge in [-0.2, -0.15) is 0 Å². The molecule has 1 aromatic carbocycles. The van der Waals surface area contributed by atoms with Crippen molar-refractivity contribution >= 4 is 23.4 Å². The minimum Gasteiger partial charge on any atom is -0.475 e. The molecule has 1 saturated heterocycles. The first kappa shape index (κ1) is 23.4. The van der Waals surface area contributed by atoms with Gasteiger partial charge < -0.3 is 26.6 Å². The Kier molecular flexibility index (Phi) is 6.92. The third-order valence-electron chi connectivity index (χ3n) is 4.84. The summed E-state index contributed by atoms with van der Waals surface area (Å²) in [5, 5.41) is 26.8. The van der Waals surface area contributed by atoms with E-state index < -0.39 is 11.6 Å². The fraction of sp³-hybridized carbons (Fsp3) is 0.409. The zero-order valence-corrected chi connectivity index (χ0v) is 17.7. The van der Waals surface area contributed by atoms with E-state index in [1.165, 1.54) is 12.2 Å². The predicted octanol–water partition coefficient (Wildman–Crippen LogP) is 4.14. The van der Waals surface area contributed by atoms with Crippen molar-refractivity contribution in [1.82, 2.24) is 5.32 Å². The molecule has 0 radical (unpaired) electrons. The summed E-state index contributed by atoms with van der Waals surface area (Å²) in [4.78, 5) is 0. The molecule has 0 amide bonds. The van der Waals surface area contributed by atoms with Gasteiger partial charge in [-0.1, -0.05) is 0 Å². The third kappa shape index (κ3) is 5.82. The van der Waals surface area contributed by atoms with Gasteiger partial charge in [-0.3, -0.25) is 5.41 Å². The van der Waals surface area contributed by atoms with E-state index >= 15 is 0 Å². The molecule has 8 heteroatoms. The highest BCUT2D eigenvalue weighted by atomic mass is 19.1. The van der Waals surface area contributed by atoms with Crippen molar-refractivity contribution in [3.05, 3.63) is 53.2 Å². The van der Waals surface area contributed by atoms with E-state index in [9.17, 15) is 8.78 Å².